The average Bonchev–Trinajstić information content (AvgIpc) is 2.85. The molecule has 0 saturated heterocycles. The van der Waals surface area contributed by atoms with E-state index in [2.05, 4.69) is 24.1 Å². The molecule has 7 heteroatoms. The smallest absolute Gasteiger partial charge is 0.252 e. The minimum Gasteiger partial charge on any atom is -0.310 e. The number of nitrogens with one attached hydrogen (secondary N) is 1. The second-order valence-corrected chi connectivity index (χ2v) is 9.18. The first-order chi connectivity index (χ1) is 9.73. The Morgan fingerprint density at radius 1 is 1.19 bits per heavy atom. The zero-order valence-electron chi connectivity index (χ0n) is 13.6. The Morgan fingerprint density at radius 3 is 2.43 bits per heavy atom. The van der Waals surface area contributed by atoms with Crippen molar-refractivity contribution in [3.63, 3.8) is 0 Å². The van der Waals surface area contributed by atoms with Crippen molar-refractivity contribution in [2.24, 2.45) is 0 Å². The Morgan fingerprint density at radius 2 is 1.86 bits per heavy atom. The third-order valence-corrected chi connectivity index (χ3v) is 6.47. The van der Waals surface area contributed by atoms with E-state index in [1.54, 1.807) is 13.1 Å². The van der Waals surface area contributed by atoms with Crippen molar-refractivity contribution in [3.05, 3.63) is 17.0 Å². The molecule has 0 spiro atoms. The van der Waals surface area contributed by atoms with Gasteiger partial charge in [-0.1, -0.05) is 13.8 Å². The average molecular weight is 334 g/mol. The highest BCUT2D eigenvalue weighted by atomic mass is 32.2. The highest BCUT2D eigenvalue weighted by Crippen LogP contribution is 2.24. The molecule has 0 aromatic carbocycles. The molecule has 0 aliphatic heterocycles. The van der Waals surface area contributed by atoms with Crippen LogP contribution in [0.3, 0.4) is 0 Å². The number of rotatable bonds is 9. The van der Waals surface area contributed by atoms with Gasteiger partial charge in [-0.3, -0.25) is 0 Å². The molecule has 0 atom stereocenters. The Balaban J connectivity index is 2.65. The molecule has 1 aromatic heterocycles. The fraction of sp³-hybridized carbons (Fsp3) is 0.714. The van der Waals surface area contributed by atoms with Crippen LogP contribution in [-0.4, -0.2) is 57.9 Å². The number of sulfonamides is 1. The maximum atomic E-state index is 12.5. The lowest BCUT2D eigenvalue weighted by Crippen LogP contribution is -2.29. The van der Waals surface area contributed by atoms with Crippen LogP contribution in [0, 0.1) is 0 Å². The van der Waals surface area contributed by atoms with Crippen molar-refractivity contribution in [1.29, 1.82) is 0 Å². The fourth-order valence-electron chi connectivity index (χ4n) is 1.78. The summed E-state index contributed by atoms with van der Waals surface area (Å²) in [5.74, 6) is 0. The molecule has 1 aromatic rings. The predicted octanol–water partition coefficient (Wildman–Crippen LogP) is 1.82. The highest BCUT2D eigenvalue weighted by molar-refractivity contribution is 7.91. The van der Waals surface area contributed by atoms with E-state index in [1.807, 2.05) is 20.2 Å². The first kappa shape index (κ1) is 18.6. The number of hydrogen-bond donors (Lipinski definition) is 1. The summed E-state index contributed by atoms with van der Waals surface area (Å²) >= 11 is 1.35. The van der Waals surface area contributed by atoms with Crippen molar-refractivity contribution in [1.82, 2.24) is 14.5 Å². The monoisotopic (exact) mass is 333 g/mol. The molecule has 0 bridgehead atoms. The van der Waals surface area contributed by atoms with E-state index in [0.717, 1.165) is 17.8 Å². The summed E-state index contributed by atoms with van der Waals surface area (Å²) < 4.78 is 26.8. The van der Waals surface area contributed by atoms with Crippen molar-refractivity contribution in [2.75, 3.05) is 34.2 Å². The zero-order valence-corrected chi connectivity index (χ0v) is 15.2. The van der Waals surface area contributed by atoms with Gasteiger partial charge in [-0.05, 0) is 39.2 Å². The lowest BCUT2D eigenvalue weighted by atomic mass is 10.4. The number of hydrogen-bond acceptors (Lipinski definition) is 5. The van der Waals surface area contributed by atoms with Gasteiger partial charge in [0.1, 0.15) is 4.21 Å². The van der Waals surface area contributed by atoms with Crippen LogP contribution in [0.15, 0.2) is 16.3 Å². The zero-order chi connectivity index (χ0) is 16.0. The molecule has 0 fully saturated rings. The summed E-state index contributed by atoms with van der Waals surface area (Å²) in [4.78, 5) is 3.10. The van der Waals surface area contributed by atoms with Crippen LogP contribution in [0.1, 0.15) is 25.1 Å². The summed E-state index contributed by atoms with van der Waals surface area (Å²) in [7, 11) is 2.28. The second-order valence-electron chi connectivity index (χ2n) is 5.74. The van der Waals surface area contributed by atoms with Crippen molar-refractivity contribution in [3.8, 4) is 0 Å². The van der Waals surface area contributed by atoms with Gasteiger partial charge in [0.2, 0.25) is 0 Å². The van der Waals surface area contributed by atoms with Crippen LogP contribution in [0.25, 0.3) is 0 Å². The largest absolute Gasteiger partial charge is 0.310 e. The van der Waals surface area contributed by atoms with Crippen LogP contribution in [0.4, 0.5) is 0 Å². The van der Waals surface area contributed by atoms with Crippen molar-refractivity contribution in [2.45, 2.75) is 37.1 Å². The molecule has 0 aliphatic carbocycles. The second kappa shape index (κ2) is 8.24. The molecule has 0 aliphatic rings. The maximum absolute atomic E-state index is 12.5. The molecule has 0 saturated carbocycles. The van der Waals surface area contributed by atoms with Crippen molar-refractivity contribution < 1.29 is 8.42 Å². The van der Waals surface area contributed by atoms with Gasteiger partial charge >= 0.3 is 0 Å². The molecule has 0 amide bonds. The molecular weight excluding hydrogens is 306 g/mol. The lowest BCUT2D eigenvalue weighted by molar-refractivity contribution is 0.370. The number of thiophene rings is 1. The van der Waals surface area contributed by atoms with E-state index in [9.17, 15) is 8.42 Å². The molecule has 122 valence electrons. The Bertz CT molecular complexity index is 524. The van der Waals surface area contributed by atoms with Gasteiger partial charge in [0, 0.05) is 31.1 Å². The van der Waals surface area contributed by atoms with Crippen LogP contribution in [-0.2, 0) is 16.6 Å². The van der Waals surface area contributed by atoms with E-state index in [1.165, 1.54) is 15.6 Å². The molecule has 1 N–H and O–H groups in total. The molecule has 1 rings (SSSR count). The van der Waals surface area contributed by atoms with E-state index in [0.29, 0.717) is 23.3 Å². The van der Waals surface area contributed by atoms with Gasteiger partial charge in [-0.25, -0.2) is 12.7 Å². The third-order valence-electron chi connectivity index (χ3n) is 3.06. The van der Waals surface area contributed by atoms with E-state index in [-0.39, 0.29) is 0 Å². The Kier molecular flexibility index (Phi) is 7.29. The minimum absolute atomic E-state index is 0.390. The molecular formula is C14H27N3O2S2. The fourth-order valence-corrected chi connectivity index (χ4v) is 4.51. The van der Waals surface area contributed by atoms with Crippen LogP contribution in [0.5, 0.6) is 0 Å². The molecule has 0 unspecified atom stereocenters. The molecule has 21 heavy (non-hydrogen) atoms. The van der Waals surface area contributed by atoms with Gasteiger partial charge in [0.05, 0.1) is 0 Å². The van der Waals surface area contributed by atoms with Crippen LogP contribution < -0.4 is 5.32 Å². The van der Waals surface area contributed by atoms with Crippen LogP contribution >= 0.6 is 11.3 Å². The maximum Gasteiger partial charge on any atom is 0.252 e. The quantitative estimate of drug-likeness (QED) is 0.749. The summed E-state index contributed by atoms with van der Waals surface area (Å²) in [6.07, 6.45) is 0.829. The van der Waals surface area contributed by atoms with E-state index in [4.69, 9.17) is 0 Å². The molecule has 5 nitrogen and oxygen atoms in total. The summed E-state index contributed by atoms with van der Waals surface area (Å²) in [6, 6.07) is 3.99. The summed E-state index contributed by atoms with van der Waals surface area (Å²) in [6.45, 7) is 6.28. The normalized spacial score (nSPS) is 12.8. The summed E-state index contributed by atoms with van der Waals surface area (Å²) in [5.41, 5.74) is 0. The lowest BCUT2D eigenvalue weighted by Gasteiger charge is -2.17. The van der Waals surface area contributed by atoms with Gasteiger partial charge in [-0.15, -0.1) is 11.3 Å². The van der Waals surface area contributed by atoms with Crippen molar-refractivity contribution >= 4 is 21.4 Å². The number of nitrogens with zero attached hydrogens (tertiary/aromatic N) is 2. The SMILES string of the molecule is CC(C)NCc1ccc(S(=O)(=O)N(C)CCCN(C)C)s1. The minimum atomic E-state index is -3.35. The third kappa shape index (κ3) is 6.04. The first-order valence-electron chi connectivity index (χ1n) is 7.16. The van der Waals surface area contributed by atoms with Gasteiger partial charge in [-0.2, -0.15) is 0 Å². The molecule has 1 heterocycles. The standard InChI is InChI=1S/C14H27N3O2S2/c1-12(2)15-11-13-7-8-14(20-13)21(18,19)17(5)10-6-9-16(3)4/h7-8,12,15H,6,9-11H2,1-5H3. The topological polar surface area (TPSA) is 52.7 Å². The van der Waals surface area contributed by atoms with E-state index >= 15 is 0 Å². The van der Waals surface area contributed by atoms with Gasteiger partial charge in [0.15, 0.2) is 0 Å². The predicted molar refractivity (Wildman–Crippen MR) is 89.3 cm³/mol. The van der Waals surface area contributed by atoms with E-state index < -0.39 is 10.0 Å². The van der Waals surface area contributed by atoms with Crippen LogP contribution in [0.2, 0.25) is 0 Å². The Hall–Kier alpha value is -0.470. The highest BCUT2D eigenvalue weighted by Gasteiger charge is 2.22. The summed E-state index contributed by atoms with van der Waals surface area (Å²) in [5, 5.41) is 3.30. The Labute approximate surface area is 133 Å². The van der Waals surface area contributed by atoms with Gasteiger partial charge in [0.25, 0.3) is 10.0 Å². The first-order valence-corrected chi connectivity index (χ1v) is 9.42. The van der Waals surface area contributed by atoms with Gasteiger partial charge < -0.3 is 10.2 Å². The molecule has 0 radical (unpaired) electrons.